The highest BCUT2D eigenvalue weighted by atomic mass is 79.9. The molecule has 2 aliphatic rings. The lowest BCUT2D eigenvalue weighted by atomic mass is 9.98. The average molecular weight is 442 g/mol. The predicted octanol–water partition coefficient (Wildman–Crippen LogP) is 3.87. The molecule has 1 amide bonds. The van der Waals surface area contributed by atoms with Gasteiger partial charge in [-0.1, -0.05) is 22.0 Å². The fourth-order valence-electron chi connectivity index (χ4n) is 4.30. The molecule has 5 rings (SSSR count). The summed E-state index contributed by atoms with van der Waals surface area (Å²) in [6.45, 7) is 3.62. The Balaban J connectivity index is 1.80. The minimum absolute atomic E-state index is 0.00421. The van der Waals surface area contributed by atoms with Gasteiger partial charge in [-0.3, -0.25) is 9.78 Å². The number of carbonyl (C=O) groups excluding carboxylic acids is 1. The van der Waals surface area contributed by atoms with E-state index in [2.05, 4.69) is 42.9 Å². The van der Waals surface area contributed by atoms with E-state index in [-0.39, 0.29) is 18.1 Å². The van der Waals surface area contributed by atoms with Crippen LogP contribution in [0.1, 0.15) is 51.8 Å². The van der Waals surface area contributed by atoms with Crippen LogP contribution in [0.5, 0.6) is 0 Å². The first kappa shape index (κ1) is 17.8. The van der Waals surface area contributed by atoms with Crippen molar-refractivity contribution in [1.82, 2.24) is 14.9 Å². The SMILES string of the molecule is CNC(=O)c1cc2ncc3c(c2n1[C@@H]1COCc2cc(Br)ccc21)COC3C. The van der Waals surface area contributed by atoms with E-state index in [0.717, 1.165) is 32.2 Å². The average Bonchev–Trinajstić information content (AvgIpc) is 3.27. The molecular weight excluding hydrogens is 422 g/mol. The molecule has 1 aromatic carbocycles. The third kappa shape index (κ3) is 2.61. The number of aromatic nitrogens is 2. The number of pyridine rings is 1. The minimum Gasteiger partial charge on any atom is -0.374 e. The number of carbonyl (C=O) groups is 1. The predicted molar refractivity (Wildman–Crippen MR) is 108 cm³/mol. The van der Waals surface area contributed by atoms with Crippen LogP contribution in [0.25, 0.3) is 11.0 Å². The number of fused-ring (bicyclic) bond motifs is 4. The van der Waals surface area contributed by atoms with Crippen LogP contribution in [0.3, 0.4) is 0 Å². The Morgan fingerprint density at radius 1 is 1.29 bits per heavy atom. The number of nitrogens with one attached hydrogen (secondary N) is 1. The Bertz CT molecular complexity index is 1110. The maximum atomic E-state index is 12.7. The van der Waals surface area contributed by atoms with Crippen molar-refractivity contribution in [3.05, 3.63) is 62.9 Å². The zero-order chi connectivity index (χ0) is 19.4. The monoisotopic (exact) mass is 441 g/mol. The first-order valence-electron chi connectivity index (χ1n) is 9.31. The van der Waals surface area contributed by atoms with Crippen LogP contribution in [0.4, 0.5) is 0 Å². The largest absolute Gasteiger partial charge is 0.374 e. The molecule has 7 heteroatoms. The third-order valence-corrected chi connectivity index (χ3v) is 6.17. The van der Waals surface area contributed by atoms with Gasteiger partial charge >= 0.3 is 0 Å². The maximum absolute atomic E-state index is 12.7. The van der Waals surface area contributed by atoms with Crippen LogP contribution < -0.4 is 5.32 Å². The molecule has 4 heterocycles. The molecule has 0 bridgehead atoms. The molecule has 0 saturated heterocycles. The standard InChI is InChI=1S/C21H20BrN3O3/c1-11-15-7-24-17-6-18(21(26)23-2)25(20(17)16(15)9-28-11)19-10-27-8-12-5-13(22)3-4-14(12)19/h3-7,11,19H,8-10H2,1-2H3,(H,23,26)/t11?,19-/m1/s1. The molecule has 0 radical (unpaired) electrons. The van der Waals surface area contributed by atoms with Crippen molar-refractivity contribution in [3.63, 3.8) is 0 Å². The molecule has 0 saturated carbocycles. The van der Waals surface area contributed by atoms with Gasteiger partial charge in [-0.2, -0.15) is 0 Å². The van der Waals surface area contributed by atoms with E-state index in [4.69, 9.17) is 9.47 Å². The number of benzene rings is 1. The lowest BCUT2D eigenvalue weighted by molar-refractivity contribution is 0.0784. The second kappa shape index (κ2) is 6.69. The lowest BCUT2D eigenvalue weighted by Crippen LogP contribution is -2.29. The molecule has 0 spiro atoms. The molecule has 1 N–H and O–H groups in total. The topological polar surface area (TPSA) is 65.4 Å². The van der Waals surface area contributed by atoms with Gasteiger partial charge in [0.2, 0.25) is 0 Å². The number of halogens is 1. The summed E-state index contributed by atoms with van der Waals surface area (Å²) in [7, 11) is 1.65. The van der Waals surface area contributed by atoms with Crippen molar-refractivity contribution in [3.8, 4) is 0 Å². The molecule has 144 valence electrons. The fraction of sp³-hybridized carbons (Fsp3) is 0.333. The second-order valence-corrected chi connectivity index (χ2v) is 8.15. The van der Waals surface area contributed by atoms with Gasteiger partial charge in [-0.15, -0.1) is 0 Å². The number of hydrogen-bond acceptors (Lipinski definition) is 4. The number of rotatable bonds is 2. The van der Waals surface area contributed by atoms with Crippen LogP contribution in [-0.4, -0.2) is 29.1 Å². The van der Waals surface area contributed by atoms with Gasteiger partial charge in [-0.05, 0) is 36.2 Å². The van der Waals surface area contributed by atoms with Crippen molar-refractivity contribution in [2.75, 3.05) is 13.7 Å². The Labute approximate surface area is 171 Å². The summed E-state index contributed by atoms with van der Waals surface area (Å²) in [5.41, 5.74) is 6.84. The van der Waals surface area contributed by atoms with Gasteiger partial charge in [0, 0.05) is 28.8 Å². The van der Waals surface area contributed by atoms with E-state index < -0.39 is 0 Å². The van der Waals surface area contributed by atoms with E-state index in [1.54, 1.807) is 7.05 Å². The third-order valence-electron chi connectivity index (χ3n) is 5.68. The highest BCUT2D eigenvalue weighted by Crippen LogP contribution is 2.39. The smallest absolute Gasteiger partial charge is 0.267 e. The Hall–Kier alpha value is -2.22. The summed E-state index contributed by atoms with van der Waals surface area (Å²) >= 11 is 3.54. The van der Waals surface area contributed by atoms with Gasteiger partial charge < -0.3 is 19.4 Å². The molecule has 2 atom stereocenters. The Kier molecular flexibility index (Phi) is 4.26. The molecular formula is C21H20BrN3O3. The van der Waals surface area contributed by atoms with Crippen molar-refractivity contribution in [1.29, 1.82) is 0 Å². The molecule has 0 fully saturated rings. The van der Waals surface area contributed by atoms with Crippen LogP contribution >= 0.6 is 15.9 Å². The molecule has 2 aliphatic heterocycles. The number of nitrogens with zero attached hydrogens (tertiary/aromatic N) is 2. The van der Waals surface area contributed by atoms with E-state index in [0.29, 0.717) is 25.5 Å². The van der Waals surface area contributed by atoms with Crippen molar-refractivity contribution in [2.24, 2.45) is 0 Å². The van der Waals surface area contributed by atoms with Gasteiger partial charge in [0.15, 0.2) is 0 Å². The van der Waals surface area contributed by atoms with Gasteiger partial charge in [0.1, 0.15) is 5.69 Å². The highest BCUT2D eigenvalue weighted by Gasteiger charge is 2.32. The summed E-state index contributed by atoms with van der Waals surface area (Å²) in [6.07, 6.45) is 1.87. The molecule has 2 aromatic heterocycles. The molecule has 1 unspecified atom stereocenters. The number of hydrogen-bond donors (Lipinski definition) is 1. The highest BCUT2D eigenvalue weighted by molar-refractivity contribution is 9.10. The Morgan fingerprint density at radius 3 is 2.96 bits per heavy atom. The van der Waals surface area contributed by atoms with Gasteiger partial charge in [0.25, 0.3) is 5.91 Å². The zero-order valence-electron chi connectivity index (χ0n) is 15.7. The van der Waals surface area contributed by atoms with E-state index in [1.165, 1.54) is 5.56 Å². The molecule has 3 aromatic rings. The van der Waals surface area contributed by atoms with Crippen molar-refractivity contribution < 1.29 is 14.3 Å². The van der Waals surface area contributed by atoms with Crippen molar-refractivity contribution in [2.45, 2.75) is 32.3 Å². The summed E-state index contributed by atoms with van der Waals surface area (Å²) < 4.78 is 14.9. The minimum atomic E-state index is -0.136. The fourth-order valence-corrected chi connectivity index (χ4v) is 4.71. The molecule has 6 nitrogen and oxygen atoms in total. The summed E-state index contributed by atoms with van der Waals surface area (Å²) in [5, 5.41) is 2.76. The molecule has 0 aliphatic carbocycles. The van der Waals surface area contributed by atoms with Crippen LogP contribution in [0.2, 0.25) is 0 Å². The van der Waals surface area contributed by atoms with Crippen LogP contribution in [0.15, 0.2) is 34.9 Å². The van der Waals surface area contributed by atoms with E-state index in [9.17, 15) is 4.79 Å². The second-order valence-electron chi connectivity index (χ2n) is 7.23. The zero-order valence-corrected chi connectivity index (χ0v) is 17.2. The summed E-state index contributed by atoms with van der Waals surface area (Å²) in [4.78, 5) is 17.4. The number of amides is 1. The quantitative estimate of drug-likeness (QED) is 0.655. The lowest BCUT2D eigenvalue weighted by Gasteiger charge is -2.29. The number of ether oxygens (including phenoxy) is 2. The van der Waals surface area contributed by atoms with Crippen LogP contribution in [0, 0.1) is 0 Å². The summed E-state index contributed by atoms with van der Waals surface area (Å²) in [6, 6.07) is 7.99. The van der Waals surface area contributed by atoms with E-state index >= 15 is 0 Å². The van der Waals surface area contributed by atoms with E-state index in [1.807, 2.05) is 25.3 Å². The normalized spacial score (nSPS) is 20.8. The van der Waals surface area contributed by atoms with Gasteiger partial charge in [-0.25, -0.2) is 0 Å². The maximum Gasteiger partial charge on any atom is 0.267 e. The summed E-state index contributed by atoms with van der Waals surface area (Å²) in [5.74, 6) is -0.136. The molecule has 28 heavy (non-hydrogen) atoms. The van der Waals surface area contributed by atoms with Crippen LogP contribution in [-0.2, 0) is 22.7 Å². The first-order chi connectivity index (χ1) is 13.6. The van der Waals surface area contributed by atoms with Crippen molar-refractivity contribution >= 4 is 32.9 Å². The van der Waals surface area contributed by atoms with Gasteiger partial charge in [0.05, 0.1) is 43.0 Å². The Morgan fingerprint density at radius 2 is 2.14 bits per heavy atom. The first-order valence-corrected chi connectivity index (χ1v) is 10.1.